The number of rotatable bonds is 5. The second-order valence-electron chi connectivity index (χ2n) is 4.99. The van der Waals surface area contributed by atoms with E-state index in [-0.39, 0.29) is 5.75 Å². The van der Waals surface area contributed by atoms with Gasteiger partial charge in [0.05, 0.1) is 5.75 Å². The van der Waals surface area contributed by atoms with E-state index in [1.165, 1.54) is 4.31 Å². The van der Waals surface area contributed by atoms with Crippen molar-refractivity contribution in [2.75, 3.05) is 12.8 Å². The molecule has 0 saturated carbocycles. The first kappa shape index (κ1) is 14.2. The van der Waals surface area contributed by atoms with Gasteiger partial charge >= 0.3 is 0 Å². The van der Waals surface area contributed by atoms with Crippen LogP contribution in [0.4, 0.5) is 0 Å². The fourth-order valence-electron chi connectivity index (χ4n) is 1.52. The van der Waals surface area contributed by atoms with Crippen molar-refractivity contribution in [3.05, 3.63) is 35.9 Å². The third kappa shape index (κ3) is 4.85. The van der Waals surface area contributed by atoms with E-state index in [0.29, 0.717) is 6.54 Å². The highest BCUT2D eigenvalue weighted by atomic mass is 32.2. The summed E-state index contributed by atoms with van der Waals surface area (Å²) in [5.74, 6) is -0.0522. The number of hydrogen-bond acceptors (Lipinski definition) is 3. The highest BCUT2D eigenvalue weighted by Crippen LogP contribution is 2.11. The smallest absolute Gasteiger partial charge is 0.215 e. The van der Waals surface area contributed by atoms with Gasteiger partial charge in [-0.05, 0) is 19.4 Å². The quantitative estimate of drug-likeness (QED) is 0.860. The Morgan fingerprint density at radius 2 is 1.76 bits per heavy atom. The van der Waals surface area contributed by atoms with Crippen LogP contribution >= 0.6 is 0 Å². The van der Waals surface area contributed by atoms with Crippen molar-refractivity contribution in [3.63, 3.8) is 0 Å². The van der Waals surface area contributed by atoms with Gasteiger partial charge in [-0.25, -0.2) is 12.7 Å². The van der Waals surface area contributed by atoms with Gasteiger partial charge in [0.1, 0.15) is 0 Å². The molecule has 4 nitrogen and oxygen atoms in total. The van der Waals surface area contributed by atoms with E-state index < -0.39 is 15.6 Å². The van der Waals surface area contributed by atoms with Gasteiger partial charge in [0, 0.05) is 19.1 Å². The molecule has 2 N–H and O–H groups in total. The summed E-state index contributed by atoms with van der Waals surface area (Å²) < 4.78 is 25.3. The largest absolute Gasteiger partial charge is 0.325 e. The minimum Gasteiger partial charge on any atom is -0.325 e. The van der Waals surface area contributed by atoms with E-state index >= 15 is 0 Å². The lowest BCUT2D eigenvalue weighted by molar-refractivity contribution is 0.450. The van der Waals surface area contributed by atoms with Gasteiger partial charge in [0.2, 0.25) is 10.0 Å². The molecule has 17 heavy (non-hydrogen) atoms. The van der Waals surface area contributed by atoms with Crippen LogP contribution in [0.1, 0.15) is 19.4 Å². The van der Waals surface area contributed by atoms with E-state index in [2.05, 4.69) is 0 Å². The van der Waals surface area contributed by atoms with E-state index in [9.17, 15) is 8.42 Å². The van der Waals surface area contributed by atoms with Crippen molar-refractivity contribution in [2.45, 2.75) is 25.9 Å². The van der Waals surface area contributed by atoms with Crippen molar-refractivity contribution in [1.29, 1.82) is 0 Å². The summed E-state index contributed by atoms with van der Waals surface area (Å²) >= 11 is 0. The van der Waals surface area contributed by atoms with Crippen LogP contribution in [0.5, 0.6) is 0 Å². The van der Waals surface area contributed by atoms with Gasteiger partial charge in [0.25, 0.3) is 0 Å². The number of sulfonamides is 1. The van der Waals surface area contributed by atoms with Crippen LogP contribution < -0.4 is 5.73 Å². The highest BCUT2D eigenvalue weighted by Gasteiger charge is 2.25. The molecule has 0 fully saturated rings. The Kier molecular flexibility index (Phi) is 4.30. The zero-order valence-electron chi connectivity index (χ0n) is 10.6. The molecule has 0 spiro atoms. The molecule has 0 unspecified atom stereocenters. The molecular weight excluding hydrogens is 236 g/mol. The maximum atomic E-state index is 12.0. The fraction of sp³-hybridized carbons (Fsp3) is 0.500. The van der Waals surface area contributed by atoms with Gasteiger partial charge in [-0.3, -0.25) is 0 Å². The molecule has 0 aromatic heterocycles. The van der Waals surface area contributed by atoms with Crippen LogP contribution in [-0.4, -0.2) is 31.1 Å². The first-order valence-electron chi connectivity index (χ1n) is 5.47. The Bertz CT molecular complexity index is 449. The second-order valence-corrected chi connectivity index (χ2v) is 7.06. The topological polar surface area (TPSA) is 63.4 Å². The number of hydrogen-bond donors (Lipinski definition) is 1. The third-order valence-electron chi connectivity index (χ3n) is 2.28. The average Bonchev–Trinajstić information content (AvgIpc) is 2.15. The summed E-state index contributed by atoms with van der Waals surface area (Å²) in [7, 11) is -1.73. The monoisotopic (exact) mass is 256 g/mol. The summed E-state index contributed by atoms with van der Waals surface area (Å²) in [4.78, 5) is 0. The van der Waals surface area contributed by atoms with Crippen LogP contribution in [0.25, 0.3) is 0 Å². The standard InChI is InChI=1S/C12H20N2O2S/c1-12(2,13)10-17(15,16)14(3)9-11-7-5-4-6-8-11/h4-8H,9-10,13H2,1-3H3. The Balaban J connectivity index is 2.74. The molecule has 5 heteroatoms. The summed E-state index contributed by atoms with van der Waals surface area (Å²) in [6.45, 7) is 3.79. The number of nitrogens with zero attached hydrogens (tertiary/aromatic N) is 1. The third-order valence-corrected chi connectivity index (χ3v) is 4.46. The van der Waals surface area contributed by atoms with Gasteiger partial charge in [-0.15, -0.1) is 0 Å². The second kappa shape index (κ2) is 5.16. The maximum absolute atomic E-state index is 12.0. The molecule has 1 aromatic carbocycles. The lowest BCUT2D eigenvalue weighted by Crippen LogP contribution is -2.44. The van der Waals surface area contributed by atoms with Crippen LogP contribution in [-0.2, 0) is 16.6 Å². The Labute approximate surface area is 103 Å². The SMILES string of the molecule is CN(Cc1ccccc1)S(=O)(=O)CC(C)(C)N. The fourth-order valence-corrected chi connectivity index (χ4v) is 3.03. The number of nitrogens with two attached hydrogens (primary N) is 1. The first-order valence-corrected chi connectivity index (χ1v) is 7.08. The van der Waals surface area contributed by atoms with Gasteiger partial charge in [-0.1, -0.05) is 30.3 Å². The maximum Gasteiger partial charge on any atom is 0.215 e. The molecule has 0 aliphatic heterocycles. The summed E-state index contributed by atoms with van der Waals surface area (Å²) in [5.41, 5.74) is 5.99. The molecular formula is C12H20N2O2S. The molecule has 0 aliphatic rings. The molecule has 1 aromatic rings. The minimum atomic E-state index is -3.31. The average molecular weight is 256 g/mol. The molecule has 0 heterocycles. The molecule has 0 atom stereocenters. The van der Waals surface area contributed by atoms with E-state index in [4.69, 9.17) is 5.73 Å². The summed E-state index contributed by atoms with van der Waals surface area (Å²) in [6.07, 6.45) is 0. The lowest BCUT2D eigenvalue weighted by Gasteiger charge is -2.23. The zero-order valence-corrected chi connectivity index (χ0v) is 11.4. The van der Waals surface area contributed by atoms with Crippen molar-refractivity contribution < 1.29 is 8.42 Å². The Morgan fingerprint density at radius 3 is 2.24 bits per heavy atom. The normalized spacial score (nSPS) is 13.0. The molecule has 0 amide bonds. The number of benzene rings is 1. The Hall–Kier alpha value is -0.910. The molecule has 0 bridgehead atoms. The molecule has 0 saturated heterocycles. The highest BCUT2D eigenvalue weighted by molar-refractivity contribution is 7.89. The van der Waals surface area contributed by atoms with Crippen LogP contribution in [0.2, 0.25) is 0 Å². The summed E-state index contributed by atoms with van der Waals surface area (Å²) in [6, 6.07) is 9.49. The first-order chi connectivity index (χ1) is 7.71. The van der Waals surface area contributed by atoms with Crippen LogP contribution in [0.15, 0.2) is 30.3 Å². The van der Waals surface area contributed by atoms with E-state index in [1.54, 1.807) is 20.9 Å². The molecule has 1 rings (SSSR count). The van der Waals surface area contributed by atoms with E-state index in [0.717, 1.165) is 5.56 Å². The summed E-state index contributed by atoms with van der Waals surface area (Å²) in [5, 5.41) is 0. The predicted octanol–water partition coefficient (Wildman–Crippen LogP) is 1.19. The Morgan fingerprint density at radius 1 is 1.24 bits per heavy atom. The van der Waals surface area contributed by atoms with Gasteiger partial charge in [-0.2, -0.15) is 0 Å². The van der Waals surface area contributed by atoms with Crippen molar-refractivity contribution >= 4 is 10.0 Å². The van der Waals surface area contributed by atoms with E-state index in [1.807, 2.05) is 30.3 Å². The van der Waals surface area contributed by atoms with Gasteiger partial charge in [0.15, 0.2) is 0 Å². The van der Waals surface area contributed by atoms with Crippen LogP contribution in [0.3, 0.4) is 0 Å². The molecule has 96 valence electrons. The minimum absolute atomic E-state index is 0.0522. The van der Waals surface area contributed by atoms with Crippen molar-refractivity contribution in [2.24, 2.45) is 5.73 Å². The van der Waals surface area contributed by atoms with Crippen molar-refractivity contribution in [1.82, 2.24) is 4.31 Å². The van der Waals surface area contributed by atoms with Crippen LogP contribution in [0, 0.1) is 0 Å². The molecule has 0 radical (unpaired) electrons. The van der Waals surface area contributed by atoms with Crippen molar-refractivity contribution in [3.8, 4) is 0 Å². The lowest BCUT2D eigenvalue weighted by atomic mass is 10.1. The predicted molar refractivity (Wildman–Crippen MR) is 70.0 cm³/mol. The zero-order chi connectivity index (χ0) is 13.1. The molecule has 0 aliphatic carbocycles. The van der Waals surface area contributed by atoms with Gasteiger partial charge < -0.3 is 5.73 Å².